The van der Waals surface area contributed by atoms with Gasteiger partial charge in [-0.1, -0.05) is 6.07 Å². The summed E-state index contributed by atoms with van der Waals surface area (Å²) in [5.41, 5.74) is 0.0828. The lowest BCUT2D eigenvalue weighted by molar-refractivity contribution is -0.131. The van der Waals surface area contributed by atoms with Crippen molar-refractivity contribution in [2.75, 3.05) is 31.1 Å². The van der Waals surface area contributed by atoms with Crippen molar-refractivity contribution in [3.8, 4) is 0 Å². The molecule has 0 aromatic carbocycles. The minimum atomic E-state index is -0.998. The molecule has 1 amide bonds. The third-order valence-corrected chi connectivity index (χ3v) is 4.77. The van der Waals surface area contributed by atoms with E-state index in [9.17, 15) is 9.59 Å². The molecule has 1 fully saturated rings. The number of piperidine rings is 1. The van der Waals surface area contributed by atoms with Gasteiger partial charge in [0, 0.05) is 32.6 Å². The number of hydrogen-bond donors (Lipinski definition) is 1. The first kappa shape index (κ1) is 18.2. The van der Waals surface area contributed by atoms with Crippen LogP contribution in [0.5, 0.6) is 0 Å². The van der Waals surface area contributed by atoms with Gasteiger partial charge in [-0.05, 0) is 51.2 Å². The molecule has 1 aromatic heterocycles. The summed E-state index contributed by atoms with van der Waals surface area (Å²) in [6.45, 7) is 7.30. The number of carbonyl (C=O) groups excluding carboxylic acids is 1. The van der Waals surface area contributed by atoms with Gasteiger partial charge in [0.2, 0.25) is 5.91 Å². The van der Waals surface area contributed by atoms with Crippen molar-refractivity contribution in [2.24, 2.45) is 5.92 Å². The van der Waals surface area contributed by atoms with Gasteiger partial charge in [0.25, 0.3) is 0 Å². The summed E-state index contributed by atoms with van der Waals surface area (Å²) in [6, 6.07) is 5.11. The highest BCUT2D eigenvalue weighted by Gasteiger charge is 2.22. The zero-order valence-electron chi connectivity index (χ0n) is 14.6. The lowest BCUT2D eigenvalue weighted by Crippen LogP contribution is -2.35. The third-order valence-electron chi connectivity index (χ3n) is 4.77. The van der Waals surface area contributed by atoms with E-state index in [2.05, 4.69) is 9.88 Å². The van der Waals surface area contributed by atoms with Crippen LogP contribution in [0.3, 0.4) is 0 Å². The Balaban J connectivity index is 1.82. The van der Waals surface area contributed by atoms with E-state index in [4.69, 9.17) is 5.11 Å². The molecule has 6 nitrogen and oxygen atoms in total. The van der Waals surface area contributed by atoms with E-state index in [-0.39, 0.29) is 11.6 Å². The monoisotopic (exact) mass is 333 g/mol. The lowest BCUT2D eigenvalue weighted by Gasteiger charge is -2.33. The number of aromatic nitrogens is 1. The van der Waals surface area contributed by atoms with E-state index in [1.165, 1.54) is 6.07 Å². The predicted octanol–water partition coefficient (Wildman–Crippen LogP) is 2.64. The summed E-state index contributed by atoms with van der Waals surface area (Å²) >= 11 is 0. The Morgan fingerprint density at radius 3 is 2.50 bits per heavy atom. The highest BCUT2D eigenvalue weighted by Crippen LogP contribution is 2.25. The molecule has 132 valence electrons. The van der Waals surface area contributed by atoms with Crippen LogP contribution in [-0.4, -0.2) is 53.0 Å². The molecule has 0 radical (unpaired) electrons. The molecule has 1 saturated heterocycles. The summed E-state index contributed by atoms with van der Waals surface area (Å²) in [4.78, 5) is 31.3. The van der Waals surface area contributed by atoms with E-state index < -0.39 is 5.97 Å². The van der Waals surface area contributed by atoms with Gasteiger partial charge in [-0.2, -0.15) is 0 Å². The Morgan fingerprint density at radius 1 is 1.25 bits per heavy atom. The topological polar surface area (TPSA) is 73.7 Å². The number of pyridine rings is 1. The van der Waals surface area contributed by atoms with Crippen LogP contribution in [0.1, 0.15) is 50.0 Å². The summed E-state index contributed by atoms with van der Waals surface area (Å²) in [6.07, 6.45) is 3.60. The van der Waals surface area contributed by atoms with Crippen LogP contribution in [-0.2, 0) is 4.79 Å². The van der Waals surface area contributed by atoms with Crippen LogP contribution in [0.25, 0.3) is 0 Å². The number of nitrogens with zero attached hydrogens (tertiary/aromatic N) is 3. The Morgan fingerprint density at radius 2 is 1.92 bits per heavy atom. The summed E-state index contributed by atoms with van der Waals surface area (Å²) < 4.78 is 0. The maximum Gasteiger partial charge on any atom is 0.354 e. The molecule has 0 aliphatic carbocycles. The van der Waals surface area contributed by atoms with Gasteiger partial charge < -0.3 is 14.9 Å². The van der Waals surface area contributed by atoms with E-state index in [1.54, 1.807) is 6.07 Å². The highest BCUT2D eigenvalue weighted by atomic mass is 16.4. The molecule has 1 aliphatic rings. The van der Waals surface area contributed by atoms with Crippen LogP contribution in [0.15, 0.2) is 18.2 Å². The van der Waals surface area contributed by atoms with Crippen LogP contribution < -0.4 is 4.90 Å². The SMILES string of the molecule is CCN(CC)C(=O)CCC1CCN(c2cccc(C(=O)O)n2)CC1. The Kier molecular flexibility index (Phi) is 6.58. The number of anilines is 1. The molecule has 0 spiro atoms. The Labute approximate surface area is 143 Å². The standard InChI is InChI=1S/C18H27N3O3/c1-3-20(4-2)17(22)9-8-14-10-12-21(13-11-14)16-7-5-6-15(19-16)18(23)24/h5-7,14H,3-4,8-13H2,1-2H3,(H,23,24). The quantitative estimate of drug-likeness (QED) is 0.830. The van der Waals surface area contributed by atoms with E-state index in [1.807, 2.05) is 24.8 Å². The van der Waals surface area contributed by atoms with Crippen molar-refractivity contribution >= 4 is 17.7 Å². The van der Waals surface area contributed by atoms with Crippen molar-refractivity contribution in [1.29, 1.82) is 0 Å². The number of hydrogen-bond acceptors (Lipinski definition) is 4. The third kappa shape index (κ3) is 4.69. The largest absolute Gasteiger partial charge is 0.477 e. The number of rotatable bonds is 7. The van der Waals surface area contributed by atoms with E-state index in [0.717, 1.165) is 51.3 Å². The minimum absolute atomic E-state index is 0.0828. The fourth-order valence-corrected chi connectivity index (χ4v) is 3.23. The fourth-order valence-electron chi connectivity index (χ4n) is 3.23. The molecule has 0 unspecified atom stereocenters. The average molecular weight is 333 g/mol. The minimum Gasteiger partial charge on any atom is -0.477 e. The van der Waals surface area contributed by atoms with Gasteiger partial charge in [0.05, 0.1) is 0 Å². The molecule has 2 heterocycles. The number of carboxylic acid groups (broad SMARTS) is 1. The van der Waals surface area contributed by atoms with Crippen molar-refractivity contribution < 1.29 is 14.7 Å². The lowest BCUT2D eigenvalue weighted by atomic mass is 9.92. The van der Waals surface area contributed by atoms with Crippen molar-refractivity contribution in [3.63, 3.8) is 0 Å². The molecule has 6 heteroatoms. The first-order valence-electron chi connectivity index (χ1n) is 8.78. The average Bonchev–Trinajstić information content (AvgIpc) is 2.61. The highest BCUT2D eigenvalue weighted by molar-refractivity contribution is 5.85. The van der Waals surface area contributed by atoms with Gasteiger partial charge >= 0.3 is 5.97 Å². The normalized spacial score (nSPS) is 15.3. The summed E-state index contributed by atoms with van der Waals surface area (Å²) in [7, 11) is 0. The second-order valence-electron chi connectivity index (χ2n) is 6.22. The molecule has 2 rings (SSSR count). The molecule has 0 atom stereocenters. The molecule has 1 aromatic rings. The van der Waals surface area contributed by atoms with E-state index in [0.29, 0.717) is 12.3 Å². The molecular formula is C18H27N3O3. The zero-order chi connectivity index (χ0) is 17.5. The number of amides is 1. The summed E-state index contributed by atoms with van der Waals surface area (Å²) in [5.74, 6) is 0.538. The molecule has 1 aliphatic heterocycles. The maximum absolute atomic E-state index is 12.1. The van der Waals surface area contributed by atoms with Crippen LogP contribution in [0, 0.1) is 5.92 Å². The van der Waals surface area contributed by atoms with Crippen LogP contribution >= 0.6 is 0 Å². The van der Waals surface area contributed by atoms with Crippen molar-refractivity contribution in [3.05, 3.63) is 23.9 Å². The molecule has 24 heavy (non-hydrogen) atoms. The maximum atomic E-state index is 12.1. The summed E-state index contributed by atoms with van der Waals surface area (Å²) in [5, 5.41) is 9.04. The molecular weight excluding hydrogens is 306 g/mol. The second-order valence-corrected chi connectivity index (χ2v) is 6.22. The van der Waals surface area contributed by atoms with Gasteiger partial charge in [-0.25, -0.2) is 9.78 Å². The first-order valence-corrected chi connectivity index (χ1v) is 8.78. The number of aromatic carboxylic acids is 1. The fraction of sp³-hybridized carbons (Fsp3) is 0.611. The van der Waals surface area contributed by atoms with E-state index >= 15 is 0 Å². The van der Waals surface area contributed by atoms with Gasteiger partial charge in [0.15, 0.2) is 5.69 Å². The first-order chi connectivity index (χ1) is 11.5. The number of carbonyl (C=O) groups is 2. The van der Waals surface area contributed by atoms with Gasteiger partial charge in [-0.15, -0.1) is 0 Å². The van der Waals surface area contributed by atoms with Gasteiger partial charge in [-0.3, -0.25) is 4.79 Å². The predicted molar refractivity (Wildman–Crippen MR) is 93.3 cm³/mol. The van der Waals surface area contributed by atoms with Crippen molar-refractivity contribution in [1.82, 2.24) is 9.88 Å². The number of carboxylic acids is 1. The van der Waals surface area contributed by atoms with Crippen molar-refractivity contribution in [2.45, 2.75) is 39.5 Å². The second kappa shape index (κ2) is 8.66. The van der Waals surface area contributed by atoms with Crippen LogP contribution in [0.2, 0.25) is 0 Å². The molecule has 0 bridgehead atoms. The van der Waals surface area contributed by atoms with Crippen LogP contribution in [0.4, 0.5) is 5.82 Å². The van der Waals surface area contributed by atoms with Gasteiger partial charge in [0.1, 0.15) is 5.82 Å². The smallest absolute Gasteiger partial charge is 0.354 e. The Bertz CT molecular complexity index is 564. The zero-order valence-corrected chi connectivity index (χ0v) is 14.6. The molecule has 1 N–H and O–H groups in total. The Hall–Kier alpha value is -2.11. The molecule has 0 saturated carbocycles.